The van der Waals surface area contributed by atoms with E-state index < -0.39 is 23.2 Å². The first kappa shape index (κ1) is 19.4. The van der Waals surface area contributed by atoms with Gasteiger partial charge < -0.3 is 19.5 Å². The summed E-state index contributed by atoms with van der Waals surface area (Å²) in [6.45, 7) is -0.0530. The molecule has 0 aliphatic heterocycles. The summed E-state index contributed by atoms with van der Waals surface area (Å²) in [6.07, 6.45) is -3.89. The number of pyridine rings is 1. The molecule has 9 heteroatoms. The number of amides is 1. The zero-order valence-electron chi connectivity index (χ0n) is 14.3. The first-order valence-corrected chi connectivity index (χ1v) is 7.40. The molecule has 0 saturated heterocycles. The van der Waals surface area contributed by atoms with Crippen LogP contribution in [-0.4, -0.2) is 32.2 Å². The lowest BCUT2D eigenvalue weighted by atomic mass is 10.1. The molecule has 140 valence electrons. The van der Waals surface area contributed by atoms with E-state index in [-0.39, 0.29) is 12.4 Å². The van der Waals surface area contributed by atoms with E-state index in [9.17, 15) is 18.0 Å². The Morgan fingerprint density at radius 1 is 1.12 bits per heavy atom. The topological polar surface area (TPSA) is 69.7 Å². The van der Waals surface area contributed by atoms with Gasteiger partial charge in [-0.25, -0.2) is 4.98 Å². The van der Waals surface area contributed by atoms with Gasteiger partial charge in [0.25, 0.3) is 5.91 Å². The Balaban J connectivity index is 2.26. The molecule has 0 fully saturated rings. The van der Waals surface area contributed by atoms with Crippen LogP contribution in [0.4, 0.5) is 13.2 Å². The maximum atomic E-state index is 13.2. The summed E-state index contributed by atoms with van der Waals surface area (Å²) in [6, 6.07) is 5.60. The second-order valence-corrected chi connectivity index (χ2v) is 5.13. The van der Waals surface area contributed by atoms with Gasteiger partial charge in [-0.15, -0.1) is 0 Å². The Hall–Kier alpha value is -2.97. The van der Waals surface area contributed by atoms with Crippen LogP contribution in [-0.2, 0) is 12.7 Å². The highest BCUT2D eigenvalue weighted by Gasteiger charge is 2.36. The number of hydrogen-bond acceptors (Lipinski definition) is 5. The standard InChI is InChI=1S/C17H17F3N2O4/c1-24-11-4-5-14(25-2)10(6-11)8-22-16(23)12-9-21-15(26-3)7-13(12)17(18,19)20/h4-7,9H,8H2,1-3H3,(H,22,23). The number of ether oxygens (including phenoxy) is 3. The lowest BCUT2D eigenvalue weighted by Gasteiger charge is -2.15. The Labute approximate surface area is 147 Å². The van der Waals surface area contributed by atoms with Gasteiger partial charge >= 0.3 is 6.18 Å². The Bertz CT molecular complexity index is 794. The lowest BCUT2D eigenvalue weighted by Crippen LogP contribution is -2.26. The molecule has 2 rings (SSSR count). The number of halogens is 3. The van der Waals surface area contributed by atoms with E-state index in [4.69, 9.17) is 14.2 Å². The second kappa shape index (κ2) is 7.94. The van der Waals surface area contributed by atoms with Crippen LogP contribution < -0.4 is 19.5 Å². The average molecular weight is 370 g/mol. The van der Waals surface area contributed by atoms with E-state index >= 15 is 0 Å². The van der Waals surface area contributed by atoms with E-state index in [0.29, 0.717) is 23.1 Å². The molecule has 1 amide bonds. The van der Waals surface area contributed by atoms with Crippen LogP contribution in [0.15, 0.2) is 30.5 Å². The number of nitrogens with one attached hydrogen (secondary N) is 1. The van der Waals surface area contributed by atoms with Crippen LogP contribution in [0, 0.1) is 0 Å². The maximum absolute atomic E-state index is 13.2. The molecule has 26 heavy (non-hydrogen) atoms. The summed E-state index contributed by atoms with van der Waals surface area (Å²) in [5.41, 5.74) is -1.17. The molecule has 1 N–H and O–H groups in total. The molecule has 0 spiro atoms. The number of alkyl halides is 3. The maximum Gasteiger partial charge on any atom is 0.417 e. The van der Waals surface area contributed by atoms with Gasteiger partial charge in [0.1, 0.15) is 11.5 Å². The molecule has 6 nitrogen and oxygen atoms in total. The number of rotatable bonds is 6. The summed E-state index contributed by atoms with van der Waals surface area (Å²) in [5.74, 6) is -0.159. The van der Waals surface area contributed by atoms with Crippen molar-refractivity contribution >= 4 is 5.91 Å². The van der Waals surface area contributed by atoms with Gasteiger partial charge in [0.05, 0.1) is 32.5 Å². The summed E-state index contributed by atoms with van der Waals surface area (Å²) in [5, 5.41) is 2.44. The van der Waals surface area contributed by atoms with Gasteiger partial charge in [-0.1, -0.05) is 0 Å². The molecule has 0 unspecified atom stereocenters. The fourth-order valence-corrected chi connectivity index (χ4v) is 2.25. The number of aromatic nitrogens is 1. The number of nitrogens with zero attached hydrogens (tertiary/aromatic N) is 1. The SMILES string of the molecule is COc1ccc(OC)c(CNC(=O)c2cnc(OC)cc2C(F)(F)F)c1. The predicted octanol–water partition coefficient (Wildman–Crippen LogP) is 3.06. The largest absolute Gasteiger partial charge is 0.497 e. The third-order valence-corrected chi connectivity index (χ3v) is 3.57. The van der Waals surface area contributed by atoms with Gasteiger partial charge in [-0.2, -0.15) is 13.2 Å². The van der Waals surface area contributed by atoms with Crippen LogP contribution in [0.3, 0.4) is 0 Å². The number of methoxy groups -OCH3 is 3. The Kier molecular flexibility index (Phi) is 5.91. The van der Waals surface area contributed by atoms with Crippen molar-refractivity contribution in [1.82, 2.24) is 10.3 Å². The van der Waals surface area contributed by atoms with Crippen molar-refractivity contribution < 1.29 is 32.2 Å². The predicted molar refractivity (Wildman–Crippen MR) is 86.5 cm³/mol. The molecule has 0 radical (unpaired) electrons. The van der Waals surface area contributed by atoms with Crippen molar-refractivity contribution in [3.63, 3.8) is 0 Å². The van der Waals surface area contributed by atoms with Crippen molar-refractivity contribution in [2.45, 2.75) is 12.7 Å². The first-order valence-electron chi connectivity index (χ1n) is 7.40. The van der Waals surface area contributed by atoms with Gasteiger partial charge in [0.15, 0.2) is 0 Å². The number of carbonyl (C=O) groups excluding carboxylic acids is 1. The van der Waals surface area contributed by atoms with Gasteiger partial charge in [-0.3, -0.25) is 4.79 Å². The van der Waals surface area contributed by atoms with Gasteiger partial charge in [-0.05, 0) is 18.2 Å². The van der Waals surface area contributed by atoms with Crippen molar-refractivity contribution in [2.75, 3.05) is 21.3 Å². The molecule has 0 saturated carbocycles. The quantitative estimate of drug-likeness (QED) is 0.846. The molecule has 0 atom stereocenters. The zero-order valence-corrected chi connectivity index (χ0v) is 14.3. The highest BCUT2D eigenvalue weighted by Crippen LogP contribution is 2.33. The lowest BCUT2D eigenvalue weighted by molar-refractivity contribution is -0.138. The minimum absolute atomic E-state index is 0.0530. The van der Waals surface area contributed by atoms with Crippen molar-refractivity contribution in [3.05, 3.63) is 47.2 Å². The van der Waals surface area contributed by atoms with Crippen LogP contribution in [0.25, 0.3) is 0 Å². The third-order valence-electron chi connectivity index (χ3n) is 3.57. The number of carbonyl (C=O) groups is 1. The van der Waals surface area contributed by atoms with Crippen molar-refractivity contribution in [3.8, 4) is 17.4 Å². The van der Waals surface area contributed by atoms with Crippen molar-refractivity contribution in [2.24, 2.45) is 0 Å². The highest BCUT2D eigenvalue weighted by molar-refractivity contribution is 5.95. The molecule has 0 aliphatic carbocycles. The zero-order chi connectivity index (χ0) is 19.3. The monoisotopic (exact) mass is 370 g/mol. The fraction of sp³-hybridized carbons (Fsp3) is 0.294. The normalized spacial score (nSPS) is 11.0. The summed E-state index contributed by atoms with van der Waals surface area (Å²) >= 11 is 0. The van der Waals surface area contributed by atoms with Crippen LogP contribution in [0.1, 0.15) is 21.5 Å². The number of benzene rings is 1. The van der Waals surface area contributed by atoms with E-state index in [1.165, 1.54) is 21.3 Å². The highest BCUT2D eigenvalue weighted by atomic mass is 19.4. The smallest absolute Gasteiger partial charge is 0.417 e. The minimum Gasteiger partial charge on any atom is -0.497 e. The molecular weight excluding hydrogens is 353 g/mol. The molecule has 0 aliphatic rings. The molecule has 1 aromatic carbocycles. The van der Waals surface area contributed by atoms with Crippen LogP contribution in [0.5, 0.6) is 17.4 Å². The van der Waals surface area contributed by atoms with E-state index in [0.717, 1.165) is 6.20 Å². The van der Waals surface area contributed by atoms with E-state index in [1.54, 1.807) is 18.2 Å². The minimum atomic E-state index is -4.73. The van der Waals surface area contributed by atoms with Crippen molar-refractivity contribution in [1.29, 1.82) is 0 Å². The summed E-state index contributed by atoms with van der Waals surface area (Å²) in [4.78, 5) is 16.0. The molecular formula is C17H17F3N2O4. The summed E-state index contributed by atoms with van der Waals surface area (Å²) < 4.78 is 54.6. The second-order valence-electron chi connectivity index (χ2n) is 5.13. The molecule has 1 aromatic heterocycles. The number of hydrogen-bond donors (Lipinski definition) is 1. The van der Waals surface area contributed by atoms with Crippen LogP contribution >= 0.6 is 0 Å². The van der Waals surface area contributed by atoms with Crippen LogP contribution in [0.2, 0.25) is 0 Å². The average Bonchev–Trinajstić information content (AvgIpc) is 2.64. The molecule has 2 aromatic rings. The molecule has 0 bridgehead atoms. The summed E-state index contributed by atoms with van der Waals surface area (Å²) in [7, 11) is 4.11. The Morgan fingerprint density at radius 2 is 1.85 bits per heavy atom. The fourth-order valence-electron chi connectivity index (χ4n) is 2.25. The van der Waals surface area contributed by atoms with E-state index in [1.807, 2.05) is 0 Å². The van der Waals surface area contributed by atoms with E-state index in [2.05, 4.69) is 10.3 Å². The molecule has 1 heterocycles. The first-order chi connectivity index (χ1) is 12.3. The third kappa shape index (κ3) is 4.35. The van der Waals surface area contributed by atoms with Gasteiger partial charge in [0, 0.05) is 24.4 Å². The Morgan fingerprint density at radius 3 is 2.42 bits per heavy atom. The van der Waals surface area contributed by atoms with Gasteiger partial charge in [0.2, 0.25) is 5.88 Å².